The molecule has 0 radical (unpaired) electrons. The highest BCUT2D eigenvalue weighted by Crippen LogP contribution is 2.61. The van der Waals surface area contributed by atoms with E-state index in [1.54, 1.807) is 28.8 Å². The summed E-state index contributed by atoms with van der Waals surface area (Å²) >= 11 is 0. The number of alkyl halides is 13. The molecule has 216 valence electrons. The van der Waals surface area contributed by atoms with Crippen molar-refractivity contribution in [2.45, 2.75) is 41.7 Å². The first-order chi connectivity index (χ1) is 17.5. The Morgan fingerprint density at radius 1 is 0.692 bits per heavy atom. The number of hydrogen-bond donors (Lipinski definition) is 0. The van der Waals surface area contributed by atoms with Gasteiger partial charge in [-0.1, -0.05) is 24.3 Å². The Morgan fingerprint density at radius 2 is 1.21 bits per heavy atom. The van der Waals surface area contributed by atoms with Crippen LogP contribution < -0.4 is 4.18 Å². The van der Waals surface area contributed by atoms with Gasteiger partial charge >= 0.3 is 45.2 Å². The fraction of sp³-hybridized carbons (Fsp3) is 0.350. The van der Waals surface area contributed by atoms with E-state index < -0.39 is 51.0 Å². The van der Waals surface area contributed by atoms with E-state index >= 15 is 0 Å². The van der Waals surface area contributed by atoms with Crippen LogP contribution in [0.3, 0.4) is 0 Å². The topological polar surface area (TPSA) is 61.2 Å². The number of rotatable bonds is 9. The third kappa shape index (κ3) is 4.63. The minimum Gasteiger partial charge on any atom is -0.378 e. The molecule has 3 rings (SSSR count). The minimum atomic E-state index is -8.27. The number of aromatic nitrogens is 2. The van der Waals surface area contributed by atoms with Crippen molar-refractivity contribution in [3.05, 3.63) is 60.4 Å². The molecule has 5 nitrogen and oxygen atoms in total. The van der Waals surface area contributed by atoms with Crippen LogP contribution in [0, 0.1) is 0 Å². The van der Waals surface area contributed by atoms with Crippen LogP contribution in [-0.4, -0.2) is 53.1 Å². The molecule has 0 spiro atoms. The highest BCUT2D eigenvalue weighted by atomic mass is 32.2. The molecule has 2 aromatic carbocycles. The number of halogens is 13. The SMILES string of the molecule is O=S(=O)(Oc1ccc(Cn2cnc3ccccc32)cc1)C(F)(F)C(F)(F)C(F)(F)C(F)(F)C(F)(F)C(F)(F)F. The fourth-order valence-corrected chi connectivity index (χ4v) is 3.99. The van der Waals surface area contributed by atoms with Gasteiger partial charge in [0, 0.05) is 6.54 Å². The average Bonchev–Trinajstić information content (AvgIpc) is 3.21. The van der Waals surface area contributed by atoms with Crippen LogP contribution in [0.15, 0.2) is 54.9 Å². The molecule has 0 aliphatic rings. The van der Waals surface area contributed by atoms with Crippen LogP contribution in [0.2, 0.25) is 0 Å². The Morgan fingerprint density at radius 3 is 1.74 bits per heavy atom. The molecule has 0 fully saturated rings. The third-order valence-electron chi connectivity index (χ3n) is 5.23. The summed E-state index contributed by atoms with van der Waals surface area (Å²) in [5.74, 6) is -33.8. The molecule has 0 saturated carbocycles. The molecular formula is C20H11F13N2O3S. The maximum Gasteiger partial charge on any atom is 0.460 e. The number of nitrogens with zero attached hydrogens (tertiary/aromatic N) is 2. The summed E-state index contributed by atoms with van der Waals surface area (Å²) in [6.45, 7) is 0.0243. The van der Waals surface area contributed by atoms with Gasteiger partial charge in [0.15, 0.2) is 0 Å². The minimum absolute atomic E-state index is 0.0243. The smallest absolute Gasteiger partial charge is 0.378 e. The number of hydrogen-bond acceptors (Lipinski definition) is 4. The van der Waals surface area contributed by atoms with Gasteiger partial charge in [-0.05, 0) is 29.8 Å². The van der Waals surface area contributed by atoms with Crippen LogP contribution in [0.25, 0.3) is 11.0 Å². The first-order valence-electron chi connectivity index (χ1n) is 9.90. The van der Waals surface area contributed by atoms with Gasteiger partial charge < -0.3 is 8.75 Å². The van der Waals surface area contributed by atoms with Crippen LogP contribution in [0.5, 0.6) is 5.75 Å². The molecule has 0 aliphatic heterocycles. The van der Waals surface area contributed by atoms with Gasteiger partial charge in [-0.3, -0.25) is 0 Å². The van der Waals surface area contributed by atoms with E-state index in [4.69, 9.17) is 0 Å². The standard InChI is InChI=1S/C20H11F13N2O3S/c21-15(22,17(25,26)19(29,30)31)16(23,24)18(27,28)20(32,33)39(36,37)38-12-7-5-11(6-8-12)9-35-10-34-13-3-1-2-4-14(13)35/h1-8,10H,9H2. The zero-order chi connectivity index (χ0) is 29.9. The van der Waals surface area contributed by atoms with Gasteiger partial charge in [-0.2, -0.15) is 65.5 Å². The van der Waals surface area contributed by atoms with Crippen LogP contribution >= 0.6 is 0 Å². The number of para-hydroxylation sites is 2. The van der Waals surface area contributed by atoms with E-state index in [0.29, 0.717) is 28.7 Å². The van der Waals surface area contributed by atoms with Gasteiger partial charge in [0.05, 0.1) is 17.4 Å². The van der Waals surface area contributed by atoms with E-state index in [2.05, 4.69) is 9.17 Å². The van der Waals surface area contributed by atoms with Crippen molar-refractivity contribution < 1.29 is 69.7 Å². The molecule has 0 unspecified atom stereocenters. The summed E-state index contributed by atoms with van der Waals surface area (Å²) in [6.07, 6.45) is -6.23. The normalized spacial score (nSPS) is 14.6. The largest absolute Gasteiger partial charge is 0.460 e. The molecule has 1 aromatic heterocycles. The Kier molecular flexibility index (Phi) is 7.11. The van der Waals surface area contributed by atoms with Gasteiger partial charge in [0.25, 0.3) is 0 Å². The lowest BCUT2D eigenvalue weighted by Crippen LogP contribution is -2.71. The second-order valence-corrected chi connectivity index (χ2v) is 9.44. The van der Waals surface area contributed by atoms with Crippen molar-refractivity contribution in [2.75, 3.05) is 0 Å². The van der Waals surface area contributed by atoms with E-state index in [1.807, 2.05) is 0 Å². The van der Waals surface area contributed by atoms with E-state index in [1.165, 1.54) is 6.33 Å². The molecule has 0 amide bonds. The molecule has 0 saturated heterocycles. The average molecular weight is 606 g/mol. The first kappa shape index (κ1) is 30.3. The number of imidazole rings is 1. The zero-order valence-corrected chi connectivity index (χ0v) is 19.2. The summed E-state index contributed by atoms with van der Waals surface area (Å²) in [5.41, 5.74) is 1.48. The Hall–Kier alpha value is -3.25. The number of fused-ring (bicyclic) bond motifs is 1. The van der Waals surface area contributed by atoms with Crippen LogP contribution in [0.4, 0.5) is 57.1 Å². The van der Waals surface area contributed by atoms with Gasteiger partial charge in [0.1, 0.15) is 5.75 Å². The third-order valence-corrected chi connectivity index (χ3v) is 6.52. The lowest BCUT2D eigenvalue weighted by atomic mass is 9.98. The second kappa shape index (κ2) is 9.16. The zero-order valence-electron chi connectivity index (χ0n) is 18.3. The summed E-state index contributed by atoms with van der Waals surface area (Å²) in [7, 11) is -7.42. The summed E-state index contributed by atoms with van der Waals surface area (Å²) in [4.78, 5) is 4.08. The van der Waals surface area contributed by atoms with Gasteiger partial charge in [-0.15, -0.1) is 0 Å². The highest BCUT2D eigenvalue weighted by molar-refractivity contribution is 7.88. The van der Waals surface area contributed by atoms with Crippen molar-refractivity contribution in [3.8, 4) is 5.75 Å². The lowest BCUT2D eigenvalue weighted by molar-refractivity contribution is -0.433. The van der Waals surface area contributed by atoms with Crippen molar-refractivity contribution in [2.24, 2.45) is 0 Å². The Labute approximate surface area is 208 Å². The molecule has 39 heavy (non-hydrogen) atoms. The molecule has 0 N–H and O–H groups in total. The number of benzene rings is 2. The molecule has 3 aromatic rings. The fourth-order valence-electron chi connectivity index (χ4n) is 3.07. The monoisotopic (exact) mass is 606 g/mol. The van der Waals surface area contributed by atoms with E-state index in [-0.39, 0.29) is 6.54 Å². The Balaban J connectivity index is 1.88. The van der Waals surface area contributed by atoms with E-state index in [0.717, 1.165) is 12.1 Å². The van der Waals surface area contributed by atoms with Crippen LogP contribution in [0.1, 0.15) is 5.56 Å². The molecule has 1 heterocycles. The predicted octanol–water partition coefficient (Wildman–Crippen LogP) is 6.49. The van der Waals surface area contributed by atoms with Crippen molar-refractivity contribution >= 4 is 21.2 Å². The highest BCUT2D eigenvalue weighted by Gasteiger charge is 2.93. The van der Waals surface area contributed by atoms with Crippen molar-refractivity contribution in [1.29, 1.82) is 0 Å². The molecule has 0 atom stereocenters. The molecule has 19 heteroatoms. The first-order valence-corrected chi connectivity index (χ1v) is 11.3. The maximum absolute atomic E-state index is 14.0. The second-order valence-electron chi connectivity index (χ2n) is 7.85. The summed E-state index contributed by atoms with van der Waals surface area (Å²) in [6, 6.07) is 9.78. The van der Waals surface area contributed by atoms with Gasteiger partial charge in [-0.25, -0.2) is 4.98 Å². The Bertz CT molecular complexity index is 1450. The molecular weight excluding hydrogens is 595 g/mol. The van der Waals surface area contributed by atoms with Crippen molar-refractivity contribution in [3.63, 3.8) is 0 Å². The van der Waals surface area contributed by atoms with Gasteiger partial charge in [0.2, 0.25) is 0 Å². The maximum atomic E-state index is 14.0. The molecule has 0 bridgehead atoms. The van der Waals surface area contributed by atoms with Crippen LogP contribution in [-0.2, 0) is 16.7 Å². The lowest BCUT2D eigenvalue weighted by Gasteiger charge is -2.38. The quantitative estimate of drug-likeness (QED) is 0.207. The van der Waals surface area contributed by atoms with Crippen molar-refractivity contribution in [1.82, 2.24) is 9.55 Å². The summed E-state index contributed by atoms with van der Waals surface area (Å²) < 4.78 is 201. The predicted molar refractivity (Wildman–Crippen MR) is 106 cm³/mol. The molecule has 0 aliphatic carbocycles. The summed E-state index contributed by atoms with van der Waals surface area (Å²) in [5, 5.41) is -7.44. The van der Waals surface area contributed by atoms with E-state index in [9.17, 15) is 65.5 Å².